The maximum Gasteiger partial charge on any atom is 0.150 e. The van der Waals surface area contributed by atoms with E-state index in [9.17, 15) is 8.42 Å². The fourth-order valence-electron chi connectivity index (χ4n) is 3.32. The summed E-state index contributed by atoms with van der Waals surface area (Å²) in [4.78, 5) is 2.52. The van der Waals surface area contributed by atoms with Crippen LogP contribution in [0.4, 0.5) is 0 Å². The van der Waals surface area contributed by atoms with Gasteiger partial charge in [0.25, 0.3) is 0 Å². The molecule has 2 unspecified atom stereocenters. The highest BCUT2D eigenvalue weighted by Crippen LogP contribution is 2.24. The van der Waals surface area contributed by atoms with Gasteiger partial charge >= 0.3 is 0 Å². The van der Waals surface area contributed by atoms with Crippen LogP contribution in [0.5, 0.6) is 0 Å². The van der Waals surface area contributed by atoms with Crippen molar-refractivity contribution >= 4 is 9.84 Å². The van der Waals surface area contributed by atoms with E-state index in [1.54, 1.807) is 0 Å². The molecule has 4 nitrogen and oxygen atoms in total. The van der Waals surface area contributed by atoms with E-state index in [2.05, 4.69) is 24.1 Å². The molecule has 0 spiro atoms. The molecule has 1 N–H and O–H groups in total. The Morgan fingerprint density at radius 1 is 1.22 bits per heavy atom. The average Bonchev–Trinajstić information content (AvgIpc) is 2.32. The van der Waals surface area contributed by atoms with Crippen molar-refractivity contribution in [2.24, 2.45) is 5.92 Å². The topological polar surface area (TPSA) is 49.4 Å². The van der Waals surface area contributed by atoms with Crippen molar-refractivity contribution in [2.75, 3.05) is 31.1 Å². The molecule has 0 aromatic rings. The largest absolute Gasteiger partial charge is 0.314 e. The zero-order valence-electron chi connectivity index (χ0n) is 11.6. The fraction of sp³-hybridized carbons (Fsp3) is 1.00. The first-order valence-corrected chi connectivity index (χ1v) is 9.02. The van der Waals surface area contributed by atoms with Crippen molar-refractivity contribution in [2.45, 2.75) is 45.2 Å². The van der Waals surface area contributed by atoms with Crippen molar-refractivity contribution in [3.63, 3.8) is 0 Å². The third kappa shape index (κ3) is 3.45. The molecule has 0 aromatic carbocycles. The highest BCUT2D eigenvalue weighted by atomic mass is 32.2. The Balaban J connectivity index is 1.85. The van der Waals surface area contributed by atoms with E-state index in [4.69, 9.17) is 0 Å². The highest BCUT2D eigenvalue weighted by molar-refractivity contribution is 7.91. The molecule has 0 saturated carbocycles. The fourth-order valence-corrected chi connectivity index (χ4v) is 4.78. The van der Waals surface area contributed by atoms with Crippen LogP contribution in [0.15, 0.2) is 0 Å². The molecule has 2 heterocycles. The van der Waals surface area contributed by atoms with Crippen LogP contribution in [-0.4, -0.2) is 56.5 Å². The van der Waals surface area contributed by atoms with Gasteiger partial charge in [0.15, 0.2) is 0 Å². The number of piperidine rings is 1. The third-order valence-corrected chi connectivity index (χ3v) is 6.16. The molecule has 18 heavy (non-hydrogen) atoms. The minimum absolute atomic E-state index is 0.388. The van der Waals surface area contributed by atoms with Crippen LogP contribution in [0.3, 0.4) is 0 Å². The van der Waals surface area contributed by atoms with Crippen molar-refractivity contribution in [1.82, 2.24) is 10.2 Å². The van der Waals surface area contributed by atoms with Gasteiger partial charge in [-0.1, -0.05) is 13.8 Å². The Morgan fingerprint density at radius 3 is 2.44 bits per heavy atom. The molecule has 2 aliphatic rings. The van der Waals surface area contributed by atoms with E-state index in [1.807, 2.05) is 0 Å². The van der Waals surface area contributed by atoms with Gasteiger partial charge in [0.05, 0.1) is 11.5 Å². The smallest absolute Gasteiger partial charge is 0.150 e. The number of nitrogens with zero attached hydrogens (tertiary/aromatic N) is 1. The lowest BCUT2D eigenvalue weighted by atomic mass is 9.92. The number of hydrogen-bond acceptors (Lipinski definition) is 4. The van der Waals surface area contributed by atoms with Crippen LogP contribution in [0, 0.1) is 5.92 Å². The Kier molecular flexibility index (Phi) is 4.67. The molecule has 2 atom stereocenters. The monoisotopic (exact) mass is 274 g/mol. The Labute approximate surface area is 111 Å². The van der Waals surface area contributed by atoms with Gasteiger partial charge in [0, 0.05) is 18.6 Å². The van der Waals surface area contributed by atoms with Crippen LogP contribution in [-0.2, 0) is 9.84 Å². The summed E-state index contributed by atoms with van der Waals surface area (Å²) in [5, 5.41) is 3.55. The van der Waals surface area contributed by atoms with Crippen LogP contribution in [0.25, 0.3) is 0 Å². The van der Waals surface area contributed by atoms with Gasteiger partial charge in [0.2, 0.25) is 0 Å². The van der Waals surface area contributed by atoms with E-state index in [0.717, 1.165) is 32.5 Å². The number of hydrogen-bond donors (Lipinski definition) is 1. The molecule has 2 rings (SSSR count). The Morgan fingerprint density at radius 2 is 1.89 bits per heavy atom. The molecule has 0 bridgehead atoms. The van der Waals surface area contributed by atoms with Crippen molar-refractivity contribution in [3.8, 4) is 0 Å². The van der Waals surface area contributed by atoms with Crippen molar-refractivity contribution in [3.05, 3.63) is 0 Å². The molecule has 2 saturated heterocycles. The third-order valence-electron chi connectivity index (χ3n) is 4.44. The van der Waals surface area contributed by atoms with Gasteiger partial charge in [-0.3, -0.25) is 4.90 Å². The number of sulfone groups is 1. The summed E-state index contributed by atoms with van der Waals surface area (Å²) in [6, 6.07) is 1.14. The lowest BCUT2D eigenvalue weighted by Gasteiger charge is -2.42. The first-order valence-electron chi connectivity index (χ1n) is 7.19. The minimum atomic E-state index is -2.73. The highest BCUT2D eigenvalue weighted by Gasteiger charge is 2.32. The van der Waals surface area contributed by atoms with Crippen LogP contribution in [0.2, 0.25) is 0 Å². The first kappa shape index (κ1) is 14.3. The second kappa shape index (κ2) is 5.88. The second-order valence-corrected chi connectivity index (χ2v) is 8.11. The molecule has 0 aromatic heterocycles. The molecular formula is C13H26N2O2S. The quantitative estimate of drug-likeness (QED) is 0.830. The molecule has 2 fully saturated rings. The Hall–Kier alpha value is -0.130. The summed E-state index contributed by atoms with van der Waals surface area (Å²) in [6.45, 7) is 7.73. The summed E-state index contributed by atoms with van der Waals surface area (Å²) in [7, 11) is -2.73. The van der Waals surface area contributed by atoms with E-state index in [0.29, 0.717) is 29.5 Å². The summed E-state index contributed by atoms with van der Waals surface area (Å²) in [6.07, 6.45) is 2.86. The molecule has 0 amide bonds. The molecule has 2 aliphatic heterocycles. The summed E-state index contributed by atoms with van der Waals surface area (Å²) >= 11 is 0. The van der Waals surface area contributed by atoms with Gasteiger partial charge in [-0.15, -0.1) is 0 Å². The van der Waals surface area contributed by atoms with E-state index in [1.165, 1.54) is 6.42 Å². The Bertz CT molecular complexity index is 355. The van der Waals surface area contributed by atoms with E-state index in [-0.39, 0.29) is 0 Å². The molecule has 106 valence electrons. The number of likely N-dealkylation sites (tertiary alicyclic amines) is 1. The SMILES string of the molecule is CCNC1CCN(C2CCS(=O)(=O)CC2)CC1C. The normalized spacial score (nSPS) is 34.6. The average molecular weight is 274 g/mol. The van der Waals surface area contributed by atoms with Crippen LogP contribution in [0.1, 0.15) is 33.1 Å². The van der Waals surface area contributed by atoms with Gasteiger partial charge < -0.3 is 5.32 Å². The van der Waals surface area contributed by atoms with Crippen LogP contribution >= 0.6 is 0 Å². The lowest BCUT2D eigenvalue weighted by Crippen LogP contribution is -2.52. The minimum Gasteiger partial charge on any atom is -0.314 e. The van der Waals surface area contributed by atoms with Gasteiger partial charge in [-0.2, -0.15) is 0 Å². The summed E-state index contributed by atoms with van der Waals surface area (Å²) in [5.74, 6) is 1.44. The van der Waals surface area contributed by atoms with E-state index < -0.39 is 9.84 Å². The molecule has 0 aliphatic carbocycles. The summed E-state index contributed by atoms with van der Waals surface area (Å²) in [5.41, 5.74) is 0. The molecular weight excluding hydrogens is 248 g/mol. The molecule has 0 radical (unpaired) electrons. The number of rotatable bonds is 3. The predicted molar refractivity (Wildman–Crippen MR) is 74.5 cm³/mol. The second-order valence-electron chi connectivity index (χ2n) is 5.81. The van der Waals surface area contributed by atoms with Crippen molar-refractivity contribution < 1.29 is 8.42 Å². The van der Waals surface area contributed by atoms with Crippen LogP contribution < -0.4 is 5.32 Å². The van der Waals surface area contributed by atoms with Crippen molar-refractivity contribution in [1.29, 1.82) is 0 Å². The van der Waals surface area contributed by atoms with Gasteiger partial charge in [-0.05, 0) is 38.3 Å². The zero-order valence-corrected chi connectivity index (χ0v) is 12.4. The van der Waals surface area contributed by atoms with Gasteiger partial charge in [-0.25, -0.2) is 8.42 Å². The lowest BCUT2D eigenvalue weighted by molar-refractivity contribution is 0.0985. The maximum atomic E-state index is 11.5. The first-order chi connectivity index (χ1) is 8.52. The standard InChI is InChI=1S/C13H26N2O2S/c1-3-14-13-4-7-15(10-11(13)2)12-5-8-18(16,17)9-6-12/h11-14H,3-10H2,1-2H3. The predicted octanol–water partition coefficient (Wildman–Crippen LogP) is 0.884. The van der Waals surface area contributed by atoms with E-state index >= 15 is 0 Å². The zero-order chi connectivity index (χ0) is 13.2. The van der Waals surface area contributed by atoms with Gasteiger partial charge in [0.1, 0.15) is 9.84 Å². The summed E-state index contributed by atoms with van der Waals surface area (Å²) < 4.78 is 22.9. The molecule has 5 heteroatoms. The number of nitrogens with one attached hydrogen (secondary N) is 1. The maximum absolute atomic E-state index is 11.5.